The van der Waals surface area contributed by atoms with Gasteiger partial charge in [0.25, 0.3) is 5.91 Å². The summed E-state index contributed by atoms with van der Waals surface area (Å²) in [4.78, 5) is 41.8. The molecule has 0 saturated carbocycles. The number of hydrogen-bond donors (Lipinski definition) is 2. The van der Waals surface area contributed by atoms with Crippen LogP contribution in [0.4, 0.5) is 35.3 Å². The Labute approximate surface area is 221 Å². The van der Waals surface area contributed by atoms with Gasteiger partial charge in [0.2, 0.25) is 5.88 Å². The lowest BCUT2D eigenvalue weighted by Gasteiger charge is -2.35. The topological polar surface area (TPSA) is 131 Å². The van der Waals surface area contributed by atoms with Crippen molar-refractivity contribution in [2.24, 2.45) is 0 Å². The molecule has 0 aliphatic carbocycles. The second-order valence-electron chi connectivity index (χ2n) is 9.97. The number of carbonyl (C=O) groups is 2. The standard InChI is InChI=1S/C24H28F3N7O5/c1-13(24(25,26)27)30-21(35)16-4-5-17-20(31-16)34(14-6-7-33(17)9-14)22(36)32-18-8-19(29-12-28-18)37-10-15-11-38-23(2,3)39-15/h4-5,8,12-15H,6-7,9-11H2,1-3H3,(H,30,35)(H,28,29,32,36)/t13?,14-,15?/m0/s1. The Morgan fingerprint density at radius 3 is 2.79 bits per heavy atom. The largest absolute Gasteiger partial charge is 0.475 e. The van der Waals surface area contributed by atoms with Gasteiger partial charge >= 0.3 is 12.2 Å². The molecule has 210 valence electrons. The molecule has 0 spiro atoms. The van der Waals surface area contributed by atoms with E-state index >= 15 is 0 Å². The first kappa shape index (κ1) is 26.9. The van der Waals surface area contributed by atoms with Crippen LogP contribution >= 0.6 is 0 Å². The number of fused-ring (bicyclic) bond motifs is 4. The Morgan fingerprint density at radius 2 is 2.08 bits per heavy atom. The van der Waals surface area contributed by atoms with Crippen LogP contribution in [0.15, 0.2) is 24.5 Å². The fourth-order valence-corrected chi connectivity index (χ4v) is 4.63. The van der Waals surface area contributed by atoms with Gasteiger partial charge in [-0.05, 0) is 39.3 Å². The van der Waals surface area contributed by atoms with Gasteiger partial charge in [0.05, 0.1) is 18.3 Å². The lowest BCUT2D eigenvalue weighted by atomic mass is 10.1. The highest BCUT2D eigenvalue weighted by molar-refractivity contribution is 6.05. The van der Waals surface area contributed by atoms with E-state index in [0.29, 0.717) is 31.8 Å². The molecule has 3 atom stereocenters. The molecule has 3 aliphatic rings. The predicted molar refractivity (Wildman–Crippen MR) is 132 cm³/mol. The molecule has 2 unspecified atom stereocenters. The van der Waals surface area contributed by atoms with Crippen LogP contribution in [0.5, 0.6) is 5.88 Å². The Kier molecular flexibility index (Phi) is 6.97. The van der Waals surface area contributed by atoms with Gasteiger partial charge in [-0.25, -0.2) is 19.7 Å². The normalized spacial score (nSPS) is 22.3. The first-order valence-electron chi connectivity index (χ1n) is 12.4. The summed E-state index contributed by atoms with van der Waals surface area (Å²) in [6, 6.07) is 1.52. The summed E-state index contributed by atoms with van der Waals surface area (Å²) in [6.45, 7) is 6.23. The molecule has 2 fully saturated rings. The number of amides is 3. The minimum absolute atomic E-state index is 0.170. The van der Waals surface area contributed by atoms with Crippen molar-refractivity contribution in [3.05, 3.63) is 30.2 Å². The zero-order valence-corrected chi connectivity index (χ0v) is 21.5. The van der Waals surface area contributed by atoms with Crippen molar-refractivity contribution in [3.63, 3.8) is 0 Å². The van der Waals surface area contributed by atoms with E-state index in [-0.39, 0.29) is 42.0 Å². The van der Waals surface area contributed by atoms with Crippen LogP contribution in [0.25, 0.3) is 0 Å². The van der Waals surface area contributed by atoms with Crippen molar-refractivity contribution >= 4 is 29.3 Å². The average Bonchev–Trinajstić information content (AvgIpc) is 3.45. The van der Waals surface area contributed by atoms with Crippen molar-refractivity contribution in [2.75, 3.05) is 41.4 Å². The molecule has 0 aromatic carbocycles. The zero-order chi connectivity index (χ0) is 27.9. The molecule has 15 heteroatoms. The first-order valence-corrected chi connectivity index (χ1v) is 12.4. The number of carbonyl (C=O) groups excluding carboxylic acids is 2. The van der Waals surface area contributed by atoms with E-state index in [1.165, 1.54) is 23.4 Å². The van der Waals surface area contributed by atoms with Gasteiger partial charge < -0.3 is 24.4 Å². The fraction of sp³-hybridized carbons (Fsp3) is 0.542. The average molecular weight is 552 g/mol. The number of pyridine rings is 1. The number of hydrogen-bond acceptors (Lipinski definition) is 9. The van der Waals surface area contributed by atoms with E-state index in [4.69, 9.17) is 14.2 Å². The first-order chi connectivity index (χ1) is 18.4. The smallest absolute Gasteiger partial charge is 0.408 e. The Bertz CT molecular complexity index is 1260. The lowest BCUT2D eigenvalue weighted by Crippen LogP contribution is -2.49. The third-order valence-corrected chi connectivity index (χ3v) is 6.60. The van der Waals surface area contributed by atoms with Crippen LogP contribution < -0.4 is 25.2 Å². The summed E-state index contributed by atoms with van der Waals surface area (Å²) in [5.41, 5.74) is 0.372. The van der Waals surface area contributed by atoms with Crippen LogP contribution in [0.1, 0.15) is 37.7 Å². The van der Waals surface area contributed by atoms with E-state index in [9.17, 15) is 22.8 Å². The van der Waals surface area contributed by atoms with E-state index in [1.807, 2.05) is 10.2 Å². The van der Waals surface area contributed by atoms with Crippen molar-refractivity contribution in [2.45, 2.75) is 57.3 Å². The Hall–Kier alpha value is -3.72. The van der Waals surface area contributed by atoms with Crippen molar-refractivity contribution in [3.8, 4) is 5.88 Å². The minimum atomic E-state index is -4.60. The van der Waals surface area contributed by atoms with Crippen LogP contribution in [0, 0.1) is 0 Å². The molecular weight excluding hydrogens is 523 g/mol. The second kappa shape index (κ2) is 10.1. The number of alkyl halides is 3. The van der Waals surface area contributed by atoms with Gasteiger partial charge in [0, 0.05) is 19.2 Å². The van der Waals surface area contributed by atoms with Gasteiger partial charge in [-0.3, -0.25) is 15.0 Å². The van der Waals surface area contributed by atoms with Gasteiger partial charge in [-0.1, -0.05) is 0 Å². The monoisotopic (exact) mass is 551 g/mol. The third-order valence-electron chi connectivity index (χ3n) is 6.60. The van der Waals surface area contributed by atoms with Crippen LogP contribution in [0.3, 0.4) is 0 Å². The highest BCUT2D eigenvalue weighted by Gasteiger charge is 2.41. The van der Waals surface area contributed by atoms with Crippen LogP contribution in [-0.2, 0) is 9.47 Å². The fourth-order valence-electron chi connectivity index (χ4n) is 4.63. The Morgan fingerprint density at radius 1 is 1.28 bits per heavy atom. The molecule has 5 heterocycles. The molecule has 39 heavy (non-hydrogen) atoms. The number of urea groups is 1. The highest BCUT2D eigenvalue weighted by atomic mass is 19.4. The summed E-state index contributed by atoms with van der Waals surface area (Å²) < 4.78 is 55.7. The SMILES string of the molecule is CC(NC(=O)c1ccc2c(n1)N(C(=O)Nc1cc(OCC3COC(C)(C)O3)ncn1)[C@H]1CCN2C1)C(F)(F)F. The maximum Gasteiger partial charge on any atom is 0.408 e. The number of halogens is 3. The summed E-state index contributed by atoms with van der Waals surface area (Å²) in [6.07, 6.45) is -2.99. The van der Waals surface area contributed by atoms with Gasteiger partial charge in [-0.15, -0.1) is 0 Å². The number of anilines is 3. The molecule has 0 radical (unpaired) electrons. The number of rotatable bonds is 6. The second-order valence-corrected chi connectivity index (χ2v) is 9.97. The minimum Gasteiger partial charge on any atom is -0.475 e. The molecule has 12 nitrogen and oxygen atoms in total. The molecule has 2 aromatic heterocycles. The number of aromatic nitrogens is 3. The van der Waals surface area contributed by atoms with Crippen LogP contribution in [0.2, 0.25) is 0 Å². The van der Waals surface area contributed by atoms with Crippen LogP contribution in [-0.4, -0.2) is 83.3 Å². The number of nitrogens with zero attached hydrogens (tertiary/aromatic N) is 5. The summed E-state index contributed by atoms with van der Waals surface area (Å²) in [5, 5.41) is 4.61. The Balaban J connectivity index is 1.31. The third kappa shape index (κ3) is 5.83. The van der Waals surface area contributed by atoms with Gasteiger partial charge in [-0.2, -0.15) is 13.2 Å². The summed E-state index contributed by atoms with van der Waals surface area (Å²) >= 11 is 0. The summed E-state index contributed by atoms with van der Waals surface area (Å²) in [7, 11) is 0. The van der Waals surface area contributed by atoms with E-state index in [1.54, 1.807) is 19.9 Å². The molecule has 2 saturated heterocycles. The van der Waals surface area contributed by atoms with E-state index in [0.717, 1.165) is 6.92 Å². The molecule has 3 aliphatic heterocycles. The molecule has 3 amide bonds. The van der Waals surface area contributed by atoms with E-state index < -0.39 is 29.9 Å². The van der Waals surface area contributed by atoms with Gasteiger partial charge in [0.15, 0.2) is 11.6 Å². The maximum absolute atomic E-state index is 13.4. The molecule has 2 bridgehead atoms. The molecular formula is C24H28F3N7O5. The van der Waals surface area contributed by atoms with E-state index in [2.05, 4.69) is 20.3 Å². The quantitative estimate of drug-likeness (QED) is 0.556. The number of nitrogens with one attached hydrogen (secondary N) is 2. The predicted octanol–water partition coefficient (Wildman–Crippen LogP) is 2.71. The highest BCUT2D eigenvalue weighted by Crippen LogP contribution is 2.39. The molecule has 2 N–H and O–H groups in total. The maximum atomic E-state index is 13.4. The summed E-state index contributed by atoms with van der Waals surface area (Å²) in [5.74, 6) is -1.11. The zero-order valence-electron chi connectivity index (χ0n) is 21.5. The van der Waals surface area contributed by atoms with Crippen molar-refractivity contribution < 1.29 is 37.0 Å². The van der Waals surface area contributed by atoms with Gasteiger partial charge in [0.1, 0.15) is 36.6 Å². The molecule has 2 aromatic rings. The van der Waals surface area contributed by atoms with Crippen molar-refractivity contribution in [1.29, 1.82) is 0 Å². The van der Waals surface area contributed by atoms with Crippen molar-refractivity contribution in [1.82, 2.24) is 20.3 Å². The molecule has 5 rings (SSSR count). The lowest BCUT2D eigenvalue weighted by molar-refractivity contribution is -0.149. The number of ether oxygens (including phenoxy) is 3.